The lowest BCUT2D eigenvalue weighted by Gasteiger charge is -2.41. The van der Waals surface area contributed by atoms with Crippen LogP contribution in [-0.4, -0.2) is 282 Å². The summed E-state index contributed by atoms with van der Waals surface area (Å²) in [7, 11) is 11.8. The largest absolute Gasteiger partial charge is 0.449 e. The van der Waals surface area contributed by atoms with Crippen LogP contribution in [0.15, 0.2) is 12.2 Å². The molecule has 554 valence electrons. The zero-order valence-electron chi connectivity index (χ0n) is 63.4. The number of amides is 12. The minimum Gasteiger partial charge on any atom is -0.449 e. The third kappa shape index (κ3) is 23.9. The molecular weight excluding hydrogens is 1250 g/mol. The van der Waals surface area contributed by atoms with Crippen molar-refractivity contribution < 1.29 is 67.4 Å². The van der Waals surface area contributed by atoms with Crippen LogP contribution in [0.1, 0.15) is 163 Å². The Kier molecular flexibility index (Phi) is 35.2. The Morgan fingerprint density at radius 2 is 0.969 bits per heavy atom. The third-order valence-corrected chi connectivity index (χ3v) is 19.1. The molecule has 2 unspecified atom stereocenters. The summed E-state index contributed by atoms with van der Waals surface area (Å²) in [5.41, 5.74) is 0. The van der Waals surface area contributed by atoms with Gasteiger partial charge in [-0.3, -0.25) is 52.7 Å². The van der Waals surface area contributed by atoms with Gasteiger partial charge in [-0.2, -0.15) is 0 Å². The number of allylic oxidation sites excluding steroid dienone is 2. The Hall–Kier alpha value is -6.90. The van der Waals surface area contributed by atoms with E-state index in [0.717, 1.165) is 9.80 Å². The molecule has 0 radical (unpaired) electrons. The normalized spacial score (nSPS) is 27.2. The summed E-state index contributed by atoms with van der Waals surface area (Å²) >= 11 is 0. The van der Waals surface area contributed by atoms with Gasteiger partial charge in [-0.1, -0.05) is 102 Å². The van der Waals surface area contributed by atoms with Crippen LogP contribution in [0, 0.1) is 41.4 Å². The van der Waals surface area contributed by atoms with Gasteiger partial charge in [-0.05, 0) is 121 Å². The number of hydrogen-bond acceptors (Lipinski definition) is 15. The average molecular weight is 1370 g/mol. The molecule has 0 bridgehead atoms. The molecule has 0 spiro atoms. The molecule has 2 fully saturated rings. The van der Waals surface area contributed by atoms with Crippen molar-refractivity contribution in [2.45, 2.75) is 235 Å². The van der Waals surface area contributed by atoms with Crippen LogP contribution < -0.4 is 21.3 Å². The summed E-state index contributed by atoms with van der Waals surface area (Å²) in [6.07, 6.45) is 2.73. The highest BCUT2D eigenvalue weighted by Gasteiger charge is 2.46. The van der Waals surface area contributed by atoms with E-state index in [2.05, 4.69) is 26.2 Å². The quantitative estimate of drug-likeness (QED) is 0.0970. The molecule has 27 heteroatoms. The highest BCUT2D eigenvalue weighted by atomic mass is 16.6. The van der Waals surface area contributed by atoms with Crippen molar-refractivity contribution in [3.63, 3.8) is 0 Å². The minimum atomic E-state index is -1.65. The van der Waals surface area contributed by atoms with Crippen LogP contribution >= 0.6 is 0 Å². The number of ether oxygens (including phenoxy) is 1. The molecule has 2 heterocycles. The monoisotopic (exact) mass is 1370 g/mol. The maximum atomic E-state index is 15.3. The van der Waals surface area contributed by atoms with Crippen LogP contribution in [0.5, 0.6) is 0 Å². The zero-order chi connectivity index (χ0) is 74.5. The molecule has 0 saturated carbocycles. The standard InChI is InChI=1S/C70H125N13O14/c1-26-28-30-46(14)58(84)57-62(88)73-50(27-2)65(91)76(19)49(17)64(90)81(24)56(45(13)31-29-36-97-70(96)83-34-32-75(18)33-35-83)61(87)74-54(43(9)10)68(94)77(20)51(37-40(3)4)60(86)71-47(15)59(85)72-48(16)63(89)78(21)52(38-41(5)6)66(92)79(22)53(39-42(7)8)67(93)80(23)55(44(11)12)69(95)82(57)25/h26,28,40-58,84H,27,29-39H2,1-25H3,(H,71,86)(H,72,85)(H,73,88)(H,74,87)/b28-26+/t45-,46-,47+,48-,49-,50+,51+,52+,53+,54?,55?,56+,57+,58-/m1/s1. The molecule has 12 amide bonds. The fourth-order valence-corrected chi connectivity index (χ4v) is 12.6. The topological polar surface area (TPSA) is 312 Å². The van der Waals surface area contributed by atoms with Gasteiger partial charge in [-0.15, -0.1) is 0 Å². The van der Waals surface area contributed by atoms with Crippen LogP contribution in [-0.2, 0) is 57.5 Å². The fourth-order valence-electron chi connectivity index (χ4n) is 12.6. The number of carbonyl (C=O) groups is 12. The van der Waals surface area contributed by atoms with E-state index in [9.17, 15) is 33.9 Å². The van der Waals surface area contributed by atoms with Crippen molar-refractivity contribution in [3.8, 4) is 0 Å². The minimum absolute atomic E-state index is 0.00543. The summed E-state index contributed by atoms with van der Waals surface area (Å²) in [5, 5.41) is 23.3. The number of carbonyl (C=O) groups excluding carboxylic acids is 12. The van der Waals surface area contributed by atoms with E-state index >= 15 is 28.8 Å². The van der Waals surface area contributed by atoms with Gasteiger partial charge in [0.15, 0.2) is 0 Å². The smallest absolute Gasteiger partial charge is 0.409 e. The maximum absolute atomic E-state index is 15.3. The Bertz CT molecular complexity index is 2700. The predicted molar refractivity (Wildman–Crippen MR) is 372 cm³/mol. The van der Waals surface area contributed by atoms with Gasteiger partial charge in [-0.25, -0.2) is 4.79 Å². The van der Waals surface area contributed by atoms with Crippen molar-refractivity contribution in [2.75, 3.05) is 89.2 Å². The van der Waals surface area contributed by atoms with Crippen LogP contribution in [0.2, 0.25) is 0 Å². The second-order valence-corrected chi connectivity index (χ2v) is 29.3. The summed E-state index contributed by atoms with van der Waals surface area (Å²) < 4.78 is 5.66. The van der Waals surface area contributed by atoms with Gasteiger partial charge < -0.3 is 75.2 Å². The van der Waals surface area contributed by atoms with Crippen LogP contribution in [0.25, 0.3) is 0 Å². The highest BCUT2D eigenvalue weighted by Crippen LogP contribution is 2.27. The third-order valence-electron chi connectivity index (χ3n) is 19.1. The molecule has 97 heavy (non-hydrogen) atoms. The lowest BCUT2D eigenvalue weighted by atomic mass is 9.91. The van der Waals surface area contributed by atoms with Gasteiger partial charge in [0.05, 0.1) is 12.7 Å². The molecule has 2 aliphatic rings. The van der Waals surface area contributed by atoms with Crippen molar-refractivity contribution in [1.82, 2.24) is 65.4 Å². The number of piperazine rings is 1. The number of aliphatic hydroxyl groups excluding tert-OH is 1. The van der Waals surface area contributed by atoms with E-state index in [-0.39, 0.29) is 69.3 Å². The number of nitrogens with one attached hydrogen (secondary N) is 4. The van der Waals surface area contributed by atoms with Crippen molar-refractivity contribution in [2.24, 2.45) is 41.4 Å². The van der Waals surface area contributed by atoms with E-state index < -0.39 is 167 Å². The first kappa shape index (κ1) is 86.2. The van der Waals surface area contributed by atoms with Gasteiger partial charge in [0.2, 0.25) is 65.0 Å². The van der Waals surface area contributed by atoms with Crippen LogP contribution in [0.4, 0.5) is 4.79 Å². The van der Waals surface area contributed by atoms with Crippen molar-refractivity contribution >= 4 is 71.1 Å². The Labute approximate surface area is 579 Å². The van der Waals surface area contributed by atoms with Crippen molar-refractivity contribution in [1.29, 1.82) is 0 Å². The van der Waals surface area contributed by atoms with Crippen molar-refractivity contribution in [3.05, 3.63) is 12.2 Å². The molecule has 0 aliphatic carbocycles. The summed E-state index contributed by atoms with van der Waals surface area (Å²) in [6, 6.07) is -14.2. The molecule has 14 atom stereocenters. The number of aliphatic hydroxyl groups is 1. The molecule has 2 aliphatic heterocycles. The number of hydrogen-bond donors (Lipinski definition) is 5. The average Bonchev–Trinajstić information content (AvgIpc) is 0.832. The van der Waals surface area contributed by atoms with E-state index in [1.807, 2.05) is 48.6 Å². The molecule has 5 N–H and O–H groups in total. The molecule has 2 rings (SSSR count). The Morgan fingerprint density at radius 3 is 1.46 bits per heavy atom. The van der Waals surface area contributed by atoms with Gasteiger partial charge in [0, 0.05) is 75.5 Å². The predicted octanol–water partition coefficient (Wildman–Crippen LogP) is 3.41. The second kappa shape index (κ2) is 39.6. The fraction of sp³-hybridized carbons (Fsp3) is 0.800. The van der Waals surface area contributed by atoms with E-state index in [1.165, 1.54) is 94.6 Å². The summed E-state index contributed by atoms with van der Waals surface area (Å²) in [5.74, 6) is -10.9. The Balaban J connectivity index is 3.01. The SMILES string of the molecule is C/C=C/C[C@@H](C)[C@@H](O)[C@H]1C(=O)N[C@@H](CC)C(=O)N(C)[C@H](C)C(=O)N(C)[C@@H]([C@H](C)CCCOC(=O)N2CCN(C)CC2)C(=O)NC(C(C)C)C(=O)N(C)[C@@H](CC(C)C)C(=O)N[C@@H](C)C(=O)N[C@H](C)C(=O)N(C)[C@@H](CC(C)C)C(=O)N(C)[C@@H](CC(C)C)C(=O)N(C)C(C(C)C)C(=O)N1C. The molecule has 27 nitrogen and oxygen atoms in total. The van der Waals surface area contributed by atoms with Gasteiger partial charge >= 0.3 is 6.09 Å². The second-order valence-electron chi connectivity index (χ2n) is 29.3. The summed E-state index contributed by atoms with van der Waals surface area (Å²) in [4.78, 5) is 189. The number of likely N-dealkylation sites (N-methyl/N-ethyl adjacent to an activating group) is 8. The molecule has 2 saturated heterocycles. The van der Waals surface area contributed by atoms with Gasteiger partial charge in [0.25, 0.3) is 0 Å². The lowest BCUT2D eigenvalue weighted by Crippen LogP contribution is -2.64. The van der Waals surface area contributed by atoms with E-state index in [4.69, 9.17) is 4.74 Å². The van der Waals surface area contributed by atoms with E-state index in [1.54, 1.807) is 72.4 Å². The molecule has 0 aromatic rings. The first-order valence-electron chi connectivity index (χ1n) is 35.0. The summed E-state index contributed by atoms with van der Waals surface area (Å²) in [6.45, 7) is 31.6. The maximum Gasteiger partial charge on any atom is 0.409 e. The lowest BCUT2D eigenvalue weighted by molar-refractivity contribution is -0.157. The van der Waals surface area contributed by atoms with E-state index in [0.29, 0.717) is 26.2 Å². The van der Waals surface area contributed by atoms with Gasteiger partial charge in [0.1, 0.15) is 66.5 Å². The van der Waals surface area contributed by atoms with Crippen LogP contribution in [0.3, 0.4) is 0 Å². The zero-order valence-corrected chi connectivity index (χ0v) is 63.4. The number of nitrogens with zero attached hydrogens (tertiary/aromatic N) is 9. The first-order valence-corrected chi connectivity index (χ1v) is 35.0. The molecular formula is C70H125N13O14. The highest BCUT2D eigenvalue weighted by molar-refractivity contribution is 6.00. The Morgan fingerprint density at radius 1 is 0.505 bits per heavy atom. The first-order chi connectivity index (χ1) is 45.0. The number of rotatable bonds is 18. The molecule has 0 aromatic heterocycles. The molecule has 0 aromatic carbocycles.